The van der Waals surface area contributed by atoms with Crippen molar-refractivity contribution in [1.82, 2.24) is 9.97 Å². The Kier molecular flexibility index (Phi) is 4.88. The number of amides is 2. The van der Waals surface area contributed by atoms with Crippen molar-refractivity contribution in [2.45, 2.75) is 13.8 Å². The first-order valence-corrected chi connectivity index (χ1v) is 8.05. The summed E-state index contributed by atoms with van der Waals surface area (Å²) in [7, 11) is 3.10. The molecule has 0 aliphatic heterocycles. The molecule has 0 saturated heterocycles. The molecule has 2 amide bonds. The van der Waals surface area contributed by atoms with Crippen LogP contribution in [0.5, 0.6) is 11.5 Å². The molecule has 134 valence electrons. The molecule has 0 bridgehead atoms. The fourth-order valence-electron chi connectivity index (χ4n) is 2.52. The molecule has 2 aromatic carbocycles. The third-order valence-corrected chi connectivity index (χ3v) is 3.97. The van der Waals surface area contributed by atoms with Crippen molar-refractivity contribution in [3.8, 4) is 11.5 Å². The third-order valence-electron chi connectivity index (χ3n) is 3.97. The van der Waals surface area contributed by atoms with E-state index >= 15 is 0 Å². The molecule has 3 aromatic rings. The van der Waals surface area contributed by atoms with Gasteiger partial charge in [0.1, 0.15) is 0 Å². The van der Waals surface area contributed by atoms with Gasteiger partial charge in [-0.1, -0.05) is 0 Å². The van der Waals surface area contributed by atoms with E-state index in [0.717, 1.165) is 22.4 Å². The van der Waals surface area contributed by atoms with Crippen LogP contribution < -0.4 is 20.1 Å². The summed E-state index contributed by atoms with van der Waals surface area (Å²) in [5.41, 5.74) is 4.50. The molecule has 0 fully saturated rings. The maximum atomic E-state index is 12.3. The van der Waals surface area contributed by atoms with E-state index in [9.17, 15) is 4.79 Å². The molecule has 0 spiro atoms. The molecule has 7 heteroatoms. The Balaban J connectivity index is 1.75. The van der Waals surface area contributed by atoms with E-state index in [1.807, 2.05) is 19.9 Å². The number of aromatic nitrogens is 2. The minimum atomic E-state index is -0.367. The number of ether oxygens (including phenoxy) is 2. The predicted molar refractivity (Wildman–Crippen MR) is 101 cm³/mol. The van der Waals surface area contributed by atoms with Crippen molar-refractivity contribution in [2.24, 2.45) is 0 Å². The molecule has 7 nitrogen and oxygen atoms in total. The molecule has 0 radical (unpaired) electrons. The van der Waals surface area contributed by atoms with Crippen LogP contribution in [0.4, 0.5) is 16.2 Å². The fourth-order valence-corrected chi connectivity index (χ4v) is 2.52. The Bertz CT molecular complexity index is 972. The zero-order valence-electron chi connectivity index (χ0n) is 15.1. The lowest BCUT2D eigenvalue weighted by atomic mass is 10.2. The van der Waals surface area contributed by atoms with Gasteiger partial charge < -0.3 is 20.1 Å². The van der Waals surface area contributed by atoms with Gasteiger partial charge in [0.25, 0.3) is 0 Å². The van der Waals surface area contributed by atoms with Gasteiger partial charge in [0, 0.05) is 17.4 Å². The fraction of sp³-hybridized carbons (Fsp3) is 0.211. The first kappa shape index (κ1) is 17.5. The zero-order chi connectivity index (χ0) is 18.7. The Morgan fingerprint density at radius 3 is 2.04 bits per heavy atom. The highest BCUT2D eigenvalue weighted by atomic mass is 16.5. The molecule has 0 aliphatic carbocycles. The van der Waals surface area contributed by atoms with Gasteiger partial charge in [-0.05, 0) is 44.2 Å². The highest BCUT2D eigenvalue weighted by Crippen LogP contribution is 2.29. The van der Waals surface area contributed by atoms with E-state index in [-0.39, 0.29) is 6.03 Å². The summed E-state index contributed by atoms with van der Waals surface area (Å²) in [5, 5.41) is 5.56. The van der Waals surface area contributed by atoms with Crippen LogP contribution in [0.25, 0.3) is 11.0 Å². The first-order valence-electron chi connectivity index (χ1n) is 8.05. The highest BCUT2D eigenvalue weighted by molar-refractivity contribution is 6.00. The van der Waals surface area contributed by atoms with E-state index in [1.165, 1.54) is 0 Å². The second-order valence-electron chi connectivity index (χ2n) is 5.75. The lowest BCUT2D eigenvalue weighted by Gasteiger charge is -2.11. The normalized spacial score (nSPS) is 10.5. The number of methoxy groups -OCH3 is 2. The van der Waals surface area contributed by atoms with Crippen LogP contribution in [-0.2, 0) is 0 Å². The highest BCUT2D eigenvalue weighted by Gasteiger charge is 2.09. The van der Waals surface area contributed by atoms with Gasteiger partial charge in [0.2, 0.25) is 0 Å². The number of carbonyl (C=O) groups is 1. The molecule has 3 rings (SSSR count). The number of nitrogens with one attached hydrogen (secondary N) is 2. The molecular formula is C19H20N4O3. The van der Waals surface area contributed by atoms with Gasteiger partial charge in [-0.15, -0.1) is 0 Å². The van der Waals surface area contributed by atoms with Gasteiger partial charge in [0.05, 0.1) is 36.6 Å². The Hall–Kier alpha value is -3.35. The number of fused-ring (bicyclic) bond motifs is 1. The van der Waals surface area contributed by atoms with Gasteiger partial charge >= 0.3 is 6.03 Å². The molecule has 0 saturated carbocycles. The van der Waals surface area contributed by atoms with E-state index in [4.69, 9.17) is 9.47 Å². The molecule has 1 heterocycles. The first-order chi connectivity index (χ1) is 12.5. The molecule has 26 heavy (non-hydrogen) atoms. The number of rotatable bonds is 4. The topological polar surface area (TPSA) is 85.4 Å². The van der Waals surface area contributed by atoms with Crippen LogP contribution in [0, 0.1) is 13.8 Å². The van der Waals surface area contributed by atoms with Crippen LogP contribution in [0.3, 0.4) is 0 Å². The van der Waals surface area contributed by atoms with Crippen LogP contribution in [0.2, 0.25) is 0 Å². The van der Waals surface area contributed by atoms with Crippen molar-refractivity contribution in [1.29, 1.82) is 0 Å². The van der Waals surface area contributed by atoms with Gasteiger partial charge in [-0.2, -0.15) is 0 Å². The van der Waals surface area contributed by atoms with Gasteiger partial charge in [-0.3, -0.25) is 0 Å². The number of anilines is 2. The summed E-state index contributed by atoms with van der Waals surface area (Å²) in [5.74, 6) is 1.13. The monoisotopic (exact) mass is 352 g/mol. The summed E-state index contributed by atoms with van der Waals surface area (Å²) in [6, 6.07) is 10.2. The molecule has 0 atom stereocenters. The lowest BCUT2D eigenvalue weighted by Crippen LogP contribution is -2.19. The quantitative estimate of drug-likeness (QED) is 0.743. The lowest BCUT2D eigenvalue weighted by molar-refractivity contribution is 0.262. The van der Waals surface area contributed by atoms with Crippen LogP contribution in [0.1, 0.15) is 11.4 Å². The van der Waals surface area contributed by atoms with Crippen molar-refractivity contribution in [3.63, 3.8) is 0 Å². The summed E-state index contributed by atoms with van der Waals surface area (Å²) in [6.45, 7) is 3.83. The summed E-state index contributed by atoms with van der Waals surface area (Å²) < 4.78 is 10.4. The van der Waals surface area contributed by atoms with E-state index in [2.05, 4.69) is 20.6 Å². The second kappa shape index (κ2) is 7.26. The van der Waals surface area contributed by atoms with E-state index < -0.39 is 0 Å². The van der Waals surface area contributed by atoms with Crippen molar-refractivity contribution >= 4 is 28.4 Å². The van der Waals surface area contributed by atoms with E-state index in [1.54, 1.807) is 44.6 Å². The molecular weight excluding hydrogens is 332 g/mol. The Morgan fingerprint density at radius 1 is 0.808 bits per heavy atom. The molecule has 2 N–H and O–H groups in total. The van der Waals surface area contributed by atoms with Crippen LogP contribution in [0.15, 0.2) is 36.4 Å². The number of hydrogen-bond acceptors (Lipinski definition) is 5. The van der Waals surface area contributed by atoms with Crippen molar-refractivity contribution < 1.29 is 14.3 Å². The number of carbonyl (C=O) groups excluding carboxylic acids is 1. The molecule has 0 unspecified atom stereocenters. The average molecular weight is 352 g/mol. The van der Waals surface area contributed by atoms with Crippen molar-refractivity contribution in [2.75, 3.05) is 24.9 Å². The minimum absolute atomic E-state index is 0.367. The maximum Gasteiger partial charge on any atom is 0.323 e. The Labute approximate surface area is 151 Å². The molecule has 1 aromatic heterocycles. The zero-order valence-corrected chi connectivity index (χ0v) is 15.1. The SMILES string of the molecule is COc1ccc(NC(=O)Nc2ccc3nc(C)c(C)nc3c2)cc1OC. The summed E-state index contributed by atoms with van der Waals surface area (Å²) in [4.78, 5) is 21.2. The Morgan fingerprint density at radius 2 is 1.38 bits per heavy atom. The van der Waals surface area contributed by atoms with Crippen molar-refractivity contribution in [3.05, 3.63) is 47.8 Å². The number of aryl methyl sites for hydroxylation is 2. The average Bonchev–Trinajstić information content (AvgIpc) is 2.62. The number of benzene rings is 2. The van der Waals surface area contributed by atoms with E-state index in [0.29, 0.717) is 22.9 Å². The maximum absolute atomic E-state index is 12.3. The standard InChI is InChI=1S/C19H20N4O3/c1-11-12(2)21-16-9-13(5-7-15(16)20-11)22-19(24)23-14-6-8-17(25-3)18(10-14)26-4/h5-10H,1-4H3,(H2,22,23,24). The van der Waals surface area contributed by atoms with Crippen LogP contribution in [-0.4, -0.2) is 30.2 Å². The van der Waals surface area contributed by atoms with Crippen LogP contribution >= 0.6 is 0 Å². The molecule has 0 aliphatic rings. The summed E-state index contributed by atoms with van der Waals surface area (Å²) in [6.07, 6.45) is 0. The number of nitrogens with zero attached hydrogens (tertiary/aromatic N) is 2. The number of urea groups is 1. The number of hydrogen-bond donors (Lipinski definition) is 2. The summed E-state index contributed by atoms with van der Waals surface area (Å²) >= 11 is 0. The second-order valence-corrected chi connectivity index (χ2v) is 5.75. The van der Waals surface area contributed by atoms with Gasteiger partial charge in [0.15, 0.2) is 11.5 Å². The third kappa shape index (κ3) is 3.66. The predicted octanol–water partition coefficient (Wildman–Crippen LogP) is 3.91. The largest absolute Gasteiger partial charge is 0.493 e. The van der Waals surface area contributed by atoms with Gasteiger partial charge in [-0.25, -0.2) is 14.8 Å². The minimum Gasteiger partial charge on any atom is -0.493 e. The smallest absolute Gasteiger partial charge is 0.323 e.